The Kier molecular flexibility index (Phi) is 10.5. The van der Waals surface area contributed by atoms with Crippen LogP contribution in [0.3, 0.4) is 0 Å². The molecule has 0 atom stereocenters. The third-order valence-corrected chi connectivity index (χ3v) is 5.68. The summed E-state index contributed by atoms with van der Waals surface area (Å²) < 4.78 is 51.0. The van der Waals surface area contributed by atoms with E-state index in [1.54, 1.807) is 12.1 Å². The highest BCUT2D eigenvalue weighted by molar-refractivity contribution is 14.0. The lowest BCUT2D eigenvalue weighted by molar-refractivity contribution is -0.148. The molecule has 0 radical (unpaired) electrons. The van der Waals surface area contributed by atoms with E-state index in [1.807, 2.05) is 13.1 Å². The fraction of sp³-hybridized carbons (Fsp3) is 0.591. The van der Waals surface area contributed by atoms with Gasteiger partial charge in [-0.15, -0.1) is 24.0 Å². The van der Waals surface area contributed by atoms with Crippen LogP contribution in [0.2, 0.25) is 0 Å². The summed E-state index contributed by atoms with van der Waals surface area (Å²) in [5.74, 6) is 0.890. The van der Waals surface area contributed by atoms with Gasteiger partial charge in [-0.3, -0.25) is 9.89 Å². The van der Waals surface area contributed by atoms with Gasteiger partial charge in [-0.2, -0.15) is 13.2 Å². The number of alkyl halides is 3. The standard InChI is InChI=1S/C22H31F4N5.HI/c1-2-27-21(28-9-5-16-7-11-31(12-8-16)15-22(24,25)26)29-10-6-17-14-30-20-4-3-18(23)13-19(17)20;/h3-4,13-14,16,30H,2,5-12,15H2,1H3,(H2,27,28,29);1H. The van der Waals surface area contributed by atoms with Gasteiger partial charge in [0.1, 0.15) is 5.82 Å². The van der Waals surface area contributed by atoms with Gasteiger partial charge in [0.25, 0.3) is 0 Å². The number of aromatic amines is 1. The van der Waals surface area contributed by atoms with Crippen molar-refractivity contribution in [2.75, 3.05) is 39.3 Å². The van der Waals surface area contributed by atoms with Crippen molar-refractivity contribution in [2.45, 2.75) is 38.8 Å². The molecule has 3 N–H and O–H groups in total. The van der Waals surface area contributed by atoms with Gasteiger partial charge in [0, 0.05) is 36.7 Å². The number of rotatable bonds is 8. The van der Waals surface area contributed by atoms with Crippen LogP contribution in [-0.4, -0.2) is 61.3 Å². The normalized spacial score (nSPS) is 16.2. The predicted octanol–water partition coefficient (Wildman–Crippen LogP) is 4.69. The molecular formula is C22H32F4IN5. The van der Waals surface area contributed by atoms with Gasteiger partial charge in [0.15, 0.2) is 5.96 Å². The summed E-state index contributed by atoms with van der Waals surface area (Å²) in [6.07, 6.45) is 0.953. The van der Waals surface area contributed by atoms with E-state index in [0.29, 0.717) is 32.1 Å². The van der Waals surface area contributed by atoms with Crippen LogP contribution in [0.1, 0.15) is 31.7 Å². The highest BCUT2D eigenvalue weighted by Crippen LogP contribution is 2.24. The molecule has 1 aliphatic heterocycles. The van der Waals surface area contributed by atoms with Gasteiger partial charge in [-0.25, -0.2) is 4.39 Å². The molecule has 1 aromatic carbocycles. The Labute approximate surface area is 203 Å². The van der Waals surface area contributed by atoms with Gasteiger partial charge < -0.3 is 15.6 Å². The lowest BCUT2D eigenvalue weighted by Crippen LogP contribution is -2.40. The van der Waals surface area contributed by atoms with Gasteiger partial charge in [0.2, 0.25) is 0 Å². The molecule has 32 heavy (non-hydrogen) atoms. The number of fused-ring (bicyclic) bond motifs is 1. The lowest BCUT2D eigenvalue weighted by atomic mass is 9.93. The number of guanidine groups is 1. The van der Waals surface area contributed by atoms with E-state index >= 15 is 0 Å². The summed E-state index contributed by atoms with van der Waals surface area (Å²) in [6, 6.07) is 4.72. The first-order valence-corrected chi connectivity index (χ1v) is 10.9. The van der Waals surface area contributed by atoms with E-state index in [-0.39, 0.29) is 29.8 Å². The third-order valence-electron chi connectivity index (χ3n) is 5.68. The highest BCUT2D eigenvalue weighted by Gasteiger charge is 2.32. The molecule has 2 heterocycles. The number of benzene rings is 1. The number of aromatic nitrogens is 1. The van der Waals surface area contributed by atoms with Gasteiger partial charge in [-0.1, -0.05) is 0 Å². The summed E-state index contributed by atoms with van der Waals surface area (Å²) in [5, 5.41) is 7.41. The Balaban J connectivity index is 0.00000363. The number of hydrogen-bond donors (Lipinski definition) is 3. The highest BCUT2D eigenvalue weighted by atomic mass is 127. The second kappa shape index (κ2) is 12.6. The zero-order valence-electron chi connectivity index (χ0n) is 18.3. The van der Waals surface area contributed by atoms with Gasteiger partial charge >= 0.3 is 6.18 Å². The molecule has 0 amide bonds. The molecule has 5 nitrogen and oxygen atoms in total. The lowest BCUT2D eigenvalue weighted by Gasteiger charge is -2.32. The Morgan fingerprint density at radius 3 is 2.66 bits per heavy atom. The average molecular weight is 569 g/mol. The number of piperidine rings is 1. The maximum atomic E-state index is 13.5. The Morgan fingerprint density at radius 2 is 1.97 bits per heavy atom. The minimum atomic E-state index is -4.12. The van der Waals surface area contributed by atoms with Crippen molar-refractivity contribution in [3.8, 4) is 0 Å². The van der Waals surface area contributed by atoms with Crippen LogP contribution in [0.4, 0.5) is 17.6 Å². The molecule has 0 aliphatic carbocycles. The van der Waals surface area contributed by atoms with Crippen LogP contribution in [0, 0.1) is 11.7 Å². The maximum Gasteiger partial charge on any atom is 0.401 e. The van der Waals surface area contributed by atoms with E-state index in [0.717, 1.165) is 54.7 Å². The van der Waals surface area contributed by atoms with Crippen LogP contribution in [0.15, 0.2) is 29.4 Å². The van der Waals surface area contributed by atoms with Crippen LogP contribution < -0.4 is 10.6 Å². The molecular weight excluding hydrogens is 537 g/mol. The number of nitrogens with zero attached hydrogens (tertiary/aromatic N) is 2. The van der Waals surface area contributed by atoms with Crippen LogP contribution in [0.5, 0.6) is 0 Å². The number of likely N-dealkylation sites (tertiary alicyclic amines) is 1. The first-order valence-electron chi connectivity index (χ1n) is 10.9. The van der Waals surface area contributed by atoms with Crippen LogP contribution in [0.25, 0.3) is 10.9 Å². The molecule has 0 saturated carbocycles. The van der Waals surface area contributed by atoms with E-state index in [9.17, 15) is 17.6 Å². The molecule has 0 bridgehead atoms. The van der Waals surface area contributed by atoms with Crippen molar-refractivity contribution in [2.24, 2.45) is 10.9 Å². The maximum absolute atomic E-state index is 13.5. The third kappa shape index (κ3) is 8.42. The van der Waals surface area contributed by atoms with Crippen molar-refractivity contribution in [3.05, 3.63) is 35.8 Å². The van der Waals surface area contributed by atoms with Crippen LogP contribution in [-0.2, 0) is 6.42 Å². The number of aliphatic imine (C=N–C) groups is 1. The number of H-pyrrole nitrogens is 1. The fourth-order valence-electron chi connectivity index (χ4n) is 4.06. The second-order valence-corrected chi connectivity index (χ2v) is 8.06. The number of hydrogen-bond acceptors (Lipinski definition) is 2. The Morgan fingerprint density at radius 1 is 1.22 bits per heavy atom. The molecule has 2 aromatic rings. The molecule has 0 unspecified atom stereocenters. The van der Waals surface area contributed by atoms with Crippen LogP contribution >= 0.6 is 24.0 Å². The van der Waals surface area contributed by atoms with Crippen molar-refractivity contribution in [1.29, 1.82) is 0 Å². The van der Waals surface area contributed by atoms with Crippen molar-refractivity contribution in [1.82, 2.24) is 20.5 Å². The van der Waals surface area contributed by atoms with E-state index in [2.05, 4.69) is 20.6 Å². The molecule has 10 heteroatoms. The summed E-state index contributed by atoms with van der Waals surface area (Å²) >= 11 is 0. The minimum absolute atomic E-state index is 0. The molecule has 1 aromatic heterocycles. The average Bonchev–Trinajstić information content (AvgIpc) is 3.10. The Bertz CT molecular complexity index is 860. The number of halogens is 5. The zero-order valence-corrected chi connectivity index (χ0v) is 20.6. The van der Waals surface area contributed by atoms with Crippen molar-refractivity contribution < 1.29 is 17.6 Å². The molecule has 3 rings (SSSR count). The summed E-state index contributed by atoms with van der Waals surface area (Å²) in [6.45, 7) is 4.21. The largest absolute Gasteiger partial charge is 0.401 e. The molecule has 180 valence electrons. The molecule has 1 fully saturated rings. The fourth-order valence-corrected chi connectivity index (χ4v) is 4.06. The second-order valence-electron chi connectivity index (χ2n) is 8.06. The molecule has 1 saturated heterocycles. The summed E-state index contributed by atoms with van der Waals surface area (Å²) in [5.41, 5.74) is 1.96. The predicted molar refractivity (Wildman–Crippen MR) is 131 cm³/mol. The van der Waals surface area contributed by atoms with E-state index < -0.39 is 12.7 Å². The zero-order chi connectivity index (χ0) is 22.3. The van der Waals surface area contributed by atoms with Gasteiger partial charge in [-0.05, 0) is 75.4 Å². The van der Waals surface area contributed by atoms with E-state index in [4.69, 9.17) is 0 Å². The summed E-state index contributed by atoms with van der Waals surface area (Å²) in [4.78, 5) is 9.26. The van der Waals surface area contributed by atoms with E-state index in [1.165, 1.54) is 11.0 Å². The molecule has 1 aliphatic rings. The number of nitrogens with one attached hydrogen (secondary N) is 3. The van der Waals surface area contributed by atoms with Crippen molar-refractivity contribution >= 4 is 40.8 Å². The SMILES string of the molecule is CCNC(=NCCC1CCN(CC(F)(F)F)CC1)NCCc1c[nH]c2ccc(F)cc12.I. The monoisotopic (exact) mass is 569 g/mol. The first-order chi connectivity index (χ1) is 14.8. The molecule has 0 spiro atoms. The minimum Gasteiger partial charge on any atom is -0.361 e. The first kappa shape index (κ1) is 26.7. The topological polar surface area (TPSA) is 55.5 Å². The quantitative estimate of drug-likeness (QED) is 0.187. The Hall–Kier alpha value is -1.56. The van der Waals surface area contributed by atoms with Gasteiger partial charge in [0.05, 0.1) is 6.54 Å². The van der Waals surface area contributed by atoms with Crippen molar-refractivity contribution in [3.63, 3.8) is 0 Å². The smallest absolute Gasteiger partial charge is 0.361 e. The summed E-state index contributed by atoms with van der Waals surface area (Å²) in [7, 11) is 0.